The van der Waals surface area contributed by atoms with Crippen molar-refractivity contribution in [1.29, 1.82) is 0 Å². The number of aliphatic carboxylic acids is 1. The summed E-state index contributed by atoms with van der Waals surface area (Å²) in [6.07, 6.45) is 3.44. The van der Waals surface area contributed by atoms with Crippen LogP contribution in [0.25, 0.3) is 0 Å². The van der Waals surface area contributed by atoms with Crippen molar-refractivity contribution in [2.45, 2.75) is 19.3 Å². The van der Waals surface area contributed by atoms with Gasteiger partial charge in [0.15, 0.2) is 0 Å². The number of hydrogen-bond acceptors (Lipinski definition) is 1. The van der Waals surface area contributed by atoms with E-state index in [1.807, 2.05) is 0 Å². The fraction of sp³-hybridized carbons (Fsp3) is 0.923. The van der Waals surface area contributed by atoms with Crippen LogP contribution >= 0.6 is 0 Å². The van der Waals surface area contributed by atoms with Crippen molar-refractivity contribution in [3.8, 4) is 0 Å². The molecule has 0 aromatic rings. The first kappa shape index (κ1) is 7.70. The molecule has 6 bridgehead atoms. The molecule has 2 nitrogen and oxygen atoms in total. The molecule has 0 aromatic carbocycles. The third kappa shape index (κ3) is 0.576. The number of carbonyl (C=O) groups is 1. The van der Waals surface area contributed by atoms with E-state index >= 15 is 0 Å². The Morgan fingerprint density at radius 3 is 1.93 bits per heavy atom. The van der Waals surface area contributed by atoms with E-state index in [-0.39, 0.29) is 0 Å². The first-order chi connectivity index (χ1) is 7.27. The maximum atomic E-state index is 10.9. The van der Waals surface area contributed by atoms with Crippen LogP contribution < -0.4 is 0 Å². The van der Waals surface area contributed by atoms with Gasteiger partial charge < -0.3 is 5.11 Å². The smallest absolute Gasteiger partial charge is 0.303 e. The van der Waals surface area contributed by atoms with Crippen molar-refractivity contribution >= 4 is 5.97 Å². The summed E-state index contributed by atoms with van der Waals surface area (Å²) in [6.45, 7) is 0. The molecule has 1 N–H and O–H groups in total. The molecular weight excluding hydrogens is 188 g/mol. The number of carboxylic acids is 1. The number of hydrogen-bond donors (Lipinski definition) is 1. The van der Waals surface area contributed by atoms with Crippen LogP contribution in [0.3, 0.4) is 0 Å². The van der Waals surface area contributed by atoms with Crippen LogP contribution in [-0.2, 0) is 4.79 Å². The van der Waals surface area contributed by atoms with Crippen LogP contribution in [0.2, 0.25) is 0 Å². The molecule has 0 aliphatic heterocycles. The minimum Gasteiger partial charge on any atom is -0.481 e. The summed E-state index contributed by atoms with van der Waals surface area (Å²) in [6, 6.07) is 0. The van der Waals surface area contributed by atoms with E-state index in [2.05, 4.69) is 0 Å². The van der Waals surface area contributed by atoms with Crippen molar-refractivity contribution in [2.24, 2.45) is 53.3 Å². The monoisotopic (exact) mass is 204 g/mol. The van der Waals surface area contributed by atoms with Gasteiger partial charge >= 0.3 is 5.97 Å². The second kappa shape index (κ2) is 1.99. The Balaban J connectivity index is 1.63. The SMILES string of the molecule is O=C(O)CC1C2C3CC4C2[C@H]2C[C@@H]4C3C12. The molecule has 9 atom stereocenters. The van der Waals surface area contributed by atoms with Gasteiger partial charge in [0.25, 0.3) is 0 Å². The van der Waals surface area contributed by atoms with E-state index in [1.54, 1.807) is 0 Å². The highest BCUT2D eigenvalue weighted by Crippen LogP contribution is 2.84. The highest BCUT2D eigenvalue weighted by molar-refractivity contribution is 5.67. The van der Waals surface area contributed by atoms with Crippen LogP contribution in [0, 0.1) is 53.3 Å². The van der Waals surface area contributed by atoms with E-state index < -0.39 is 5.97 Å². The largest absolute Gasteiger partial charge is 0.481 e. The summed E-state index contributed by atoms with van der Waals surface area (Å²) in [5.74, 6) is 7.75. The van der Waals surface area contributed by atoms with Crippen LogP contribution in [-0.4, -0.2) is 11.1 Å². The summed E-state index contributed by atoms with van der Waals surface area (Å²) in [7, 11) is 0. The summed E-state index contributed by atoms with van der Waals surface area (Å²) in [5.41, 5.74) is 0. The molecule has 2 heteroatoms. The maximum Gasteiger partial charge on any atom is 0.303 e. The zero-order valence-corrected chi connectivity index (χ0v) is 8.67. The van der Waals surface area contributed by atoms with Crippen LogP contribution in [0.4, 0.5) is 0 Å². The van der Waals surface area contributed by atoms with Gasteiger partial charge in [-0.05, 0) is 66.1 Å². The van der Waals surface area contributed by atoms with E-state index in [1.165, 1.54) is 12.8 Å². The van der Waals surface area contributed by atoms with Crippen molar-refractivity contribution in [3.05, 3.63) is 0 Å². The molecule has 6 aliphatic rings. The zero-order valence-electron chi connectivity index (χ0n) is 8.67. The van der Waals surface area contributed by atoms with Crippen molar-refractivity contribution in [3.63, 3.8) is 0 Å². The first-order valence-electron chi connectivity index (χ1n) is 6.49. The fourth-order valence-corrected chi connectivity index (χ4v) is 7.29. The molecule has 6 aliphatic carbocycles. The molecule has 80 valence electrons. The van der Waals surface area contributed by atoms with Gasteiger partial charge in [-0.2, -0.15) is 0 Å². The fourth-order valence-electron chi connectivity index (χ4n) is 7.29. The molecule has 6 rings (SSSR count). The summed E-state index contributed by atoms with van der Waals surface area (Å²) >= 11 is 0. The van der Waals surface area contributed by atoms with Gasteiger partial charge in [0.1, 0.15) is 0 Å². The molecule has 6 fully saturated rings. The molecule has 0 amide bonds. The Labute approximate surface area is 89.0 Å². The Bertz CT molecular complexity index is 349. The Kier molecular flexibility index (Phi) is 1.02. The normalized spacial score (nSPS) is 70.3. The Morgan fingerprint density at radius 2 is 1.47 bits per heavy atom. The molecule has 0 saturated heterocycles. The molecule has 0 heterocycles. The second-order valence-corrected chi connectivity index (χ2v) is 6.70. The lowest BCUT2D eigenvalue weighted by Crippen LogP contribution is -2.30. The van der Waals surface area contributed by atoms with Crippen LogP contribution in [0.15, 0.2) is 0 Å². The van der Waals surface area contributed by atoms with Gasteiger partial charge in [-0.15, -0.1) is 0 Å². The average Bonchev–Trinajstić information content (AvgIpc) is 2.80. The molecule has 7 unspecified atom stereocenters. The lowest BCUT2D eigenvalue weighted by atomic mass is 9.71. The van der Waals surface area contributed by atoms with Gasteiger partial charge in [0.2, 0.25) is 0 Å². The third-order valence-corrected chi connectivity index (χ3v) is 6.89. The number of carboxylic acid groups (broad SMARTS) is 1. The predicted molar refractivity (Wildman–Crippen MR) is 52.9 cm³/mol. The standard InChI is InChI=1S/C13H16O2/c14-9(15)3-8-12-6-1-4-5-2-7(10(4)12)13(8)11(5)6/h4-8,10-13H,1-3H2,(H,14,15)/t4-,5?,6+,7?,8?,10?,11?,12?,13?/m0/s1. The quantitative estimate of drug-likeness (QED) is 0.745. The Hall–Kier alpha value is -0.530. The van der Waals surface area contributed by atoms with E-state index in [9.17, 15) is 4.79 Å². The number of rotatable bonds is 2. The highest BCUT2D eigenvalue weighted by atomic mass is 16.4. The topological polar surface area (TPSA) is 37.3 Å². The van der Waals surface area contributed by atoms with Gasteiger partial charge in [0, 0.05) is 6.42 Å². The molecule has 0 spiro atoms. The molecule has 0 radical (unpaired) electrons. The summed E-state index contributed by atoms with van der Waals surface area (Å²) in [5, 5.41) is 9.03. The van der Waals surface area contributed by atoms with Gasteiger partial charge in [-0.3, -0.25) is 4.79 Å². The molecule has 15 heavy (non-hydrogen) atoms. The van der Waals surface area contributed by atoms with E-state index in [0.717, 1.165) is 47.3 Å². The molecule has 6 saturated carbocycles. The lowest BCUT2D eigenvalue weighted by Gasteiger charge is -2.33. The summed E-state index contributed by atoms with van der Waals surface area (Å²) in [4.78, 5) is 10.9. The van der Waals surface area contributed by atoms with Crippen molar-refractivity contribution < 1.29 is 9.90 Å². The first-order valence-corrected chi connectivity index (χ1v) is 6.49. The van der Waals surface area contributed by atoms with Crippen LogP contribution in [0.5, 0.6) is 0 Å². The molecule has 0 aromatic heterocycles. The highest BCUT2D eigenvalue weighted by Gasteiger charge is 2.79. The third-order valence-electron chi connectivity index (χ3n) is 6.89. The van der Waals surface area contributed by atoms with Gasteiger partial charge in [-0.1, -0.05) is 0 Å². The lowest BCUT2D eigenvalue weighted by molar-refractivity contribution is -0.138. The minimum atomic E-state index is -0.549. The maximum absolute atomic E-state index is 10.9. The van der Waals surface area contributed by atoms with Gasteiger partial charge in [-0.25, -0.2) is 0 Å². The van der Waals surface area contributed by atoms with Crippen molar-refractivity contribution in [2.75, 3.05) is 0 Å². The van der Waals surface area contributed by atoms with Crippen molar-refractivity contribution in [1.82, 2.24) is 0 Å². The van der Waals surface area contributed by atoms with E-state index in [4.69, 9.17) is 5.11 Å². The predicted octanol–water partition coefficient (Wildman–Crippen LogP) is 1.86. The second-order valence-electron chi connectivity index (χ2n) is 6.70. The van der Waals surface area contributed by atoms with Gasteiger partial charge in [0.05, 0.1) is 0 Å². The zero-order chi connectivity index (χ0) is 9.89. The summed E-state index contributed by atoms with van der Waals surface area (Å²) < 4.78 is 0. The Morgan fingerprint density at radius 1 is 0.933 bits per heavy atom. The van der Waals surface area contributed by atoms with Crippen LogP contribution in [0.1, 0.15) is 19.3 Å². The minimum absolute atomic E-state index is 0.481. The average molecular weight is 204 g/mol. The molecular formula is C13H16O2. The van der Waals surface area contributed by atoms with E-state index in [0.29, 0.717) is 12.3 Å².